The highest BCUT2D eigenvalue weighted by Crippen LogP contribution is 2.12. The fourth-order valence-corrected chi connectivity index (χ4v) is 2.88. The van der Waals surface area contributed by atoms with Crippen molar-refractivity contribution in [1.82, 2.24) is 19.4 Å². The highest BCUT2D eigenvalue weighted by Gasteiger charge is 2.20. The molecule has 0 N–H and O–H groups in total. The van der Waals surface area contributed by atoms with Crippen molar-refractivity contribution >= 4 is 17.5 Å². The third-order valence-corrected chi connectivity index (χ3v) is 4.14. The second kappa shape index (κ2) is 7.80. The fourth-order valence-electron chi connectivity index (χ4n) is 2.72. The summed E-state index contributed by atoms with van der Waals surface area (Å²) in [6.45, 7) is 9.82. The molecule has 0 aromatic carbocycles. The van der Waals surface area contributed by atoms with Gasteiger partial charge in [-0.15, -0.1) is 11.6 Å². The van der Waals surface area contributed by atoms with E-state index in [9.17, 15) is 4.79 Å². The second-order valence-corrected chi connectivity index (χ2v) is 6.17. The summed E-state index contributed by atoms with van der Waals surface area (Å²) in [6, 6.07) is 0. The van der Waals surface area contributed by atoms with E-state index in [-0.39, 0.29) is 5.91 Å². The van der Waals surface area contributed by atoms with Crippen molar-refractivity contribution in [1.29, 1.82) is 0 Å². The standard InChI is InChI=1S/C15H25ClN4O/c1-13(2)15-17-5-6-20(15)12-9-18-7-10-19(11-8-18)14(21)3-4-16/h5-6,13H,3-4,7-12H2,1-2H3. The molecule has 0 atom stereocenters. The summed E-state index contributed by atoms with van der Waals surface area (Å²) in [5.74, 6) is 2.19. The molecule has 21 heavy (non-hydrogen) atoms. The minimum Gasteiger partial charge on any atom is -0.340 e. The Labute approximate surface area is 131 Å². The van der Waals surface area contributed by atoms with E-state index in [1.807, 2.05) is 11.1 Å². The van der Waals surface area contributed by atoms with Crippen molar-refractivity contribution in [2.75, 3.05) is 38.6 Å². The molecular weight excluding hydrogens is 288 g/mol. The smallest absolute Gasteiger partial charge is 0.223 e. The summed E-state index contributed by atoms with van der Waals surface area (Å²) < 4.78 is 2.23. The van der Waals surface area contributed by atoms with Crippen LogP contribution < -0.4 is 0 Å². The van der Waals surface area contributed by atoms with E-state index < -0.39 is 0 Å². The summed E-state index contributed by atoms with van der Waals surface area (Å²) in [5, 5.41) is 0. The number of halogens is 1. The van der Waals surface area contributed by atoms with Gasteiger partial charge in [-0.25, -0.2) is 4.98 Å². The van der Waals surface area contributed by atoms with Crippen LogP contribution in [0, 0.1) is 0 Å². The van der Waals surface area contributed by atoms with Gasteiger partial charge in [-0.1, -0.05) is 13.8 Å². The van der Waals surface area contributed by atoms with Crippen molar-refractivity contribution in [3.05, 3.63) is 18.2 Å². The molecule has 0 aliphatic carbocycles. The number of aromatic nitrogens is 2. The first-order valence-electron chi connectivity index (χ1n) is 7.69. The lowest BCUT2D eigenvalue weighted by Gasteiger charge is -2.34. The molecular formula is C15H25ClN4O. The van der Waals surface area contributed by atoms with Gasteiger partial charge in [-0.3, -0.25) is 9.69 Å². The first-order valence-corrected chi connectivity index (χ1v) is 8.22. The number of imidazole rings is 1. The first-order chi connectivity index (χ1) is 10.1. The lowest BCUT2D eigenvalue weighted by Crippen LogP contribution is -2.49. The minimum atomic E-state index is 0.182. The van der Waals surface area contributed by atoms with E-state index in [0.29, 0.717) is 18.2 Å². The zero-order chi connectivity index (χ0) is 15.2. The lowest BCUT2D eigenvalue weighted by atomic mass is 10.2. The largest absolute Gasteiger partial charge is 0.340 e. The molecule has 0 bridgehead atoms. The lowest BCUT2D eigenvalue weighted by molar-refractivity contribution is -0.132. The molecule has 0 unspecified atom stereocenters. The van der Waals surface area contributed by atoms with Crippen LogP contribution in [0.15, 0.2) is 12.4 Å². The summed E-state index contributed by atoms with van der Waals surface area (Å²) in [5.41, 5.74) is 0. The van der Waals surface area contributed by atoms with Crippen LogP contribution in [0.4, 0.5) is 0 Å². The van der Waals surface area contributed by atoms with E-state index in [2.05, 4.69) is 34.5 Å². The van der Waals surface area contributed by atoms with Crippen LogP contribution in [-0.4, -0.2) is 63.9 Å². The number of carbonyl (C=O) groups excluding carboxylic acids is 1. The SMILES string of the molecule is CC(C)c1nccn1CCN1CCN(C(=O)CCCl)CC1. The van der Waals surface area contributed by atoms with Crippen molar-refractivity contribution < 1.29 is 4.79 Å². The quantitative estimate of drug-likeness (QED) is 0.752. The van der Waals surface area contributed by atoms with Crippen LogP contribution in [0.1, 0.15) is 32.0 Å². The molecule has 0 spiro atoms. The van der Waals surface area contributed by atoms with E-state index in [1.165, 1.54) is 0 Å². The Kier molecular flexibility index (Phi) is 6.06. The van der Waals surface area contributed by atoms with Crippen LogP contribution in [0.2, 0.25) is 0 Å². The molecule has 0 radical (unpaired) electrons. The van der Waals surface area contributed by atoms with E-state index in [0.717, 1.165) is 45.1 Å². The molecule has 118 valence electrons. The monoisotopic (exact) mass is 312 g/mol. The number of rotatable bonds is 6. The van der Waals surface area contributed by atoms with Gasteiger partial charge in [0.2, 0.25) is 5.91 Å². The fraction of sp³-hybridized carbons (Fsp3) is 0.733. The maximum atomic E-state index is 11.8. The molecule has 1 saturated heterocycles. The molecule has 5 nitrogen and oxygen atoms in total. The predicted octanol–water partition coefficient (Wildman–Crippen LogP) is 1.78. The highest BCUT2D eigenvalue weighted by atomic mass is 35.5. The van der Waals surface area contributed by atoms with Crippen LogP contribution >= 0.6 is 11.6 Å². The first kappa shape index (κ1) is 16.3. The third kappa shape index (κ3) is 4.45. The highest BCUT2D eigenvalue weighted by molar-refractivity contribution is 6.18. The van der Waals surface area contributed by atoms with Crippen molar-refractivity contribution in [3.8, 4) is 0 Å². The Morgan fingerprint density at radius 2 is 2.00 bits per heavy atom. The summed E-state index contributed by atoms with van der Waals surface area (Å²) in [4.78, 5) is 20.5. The summed E-state index contributed by atoms with van der Waals surface area (Å²) in [7, 11) is 0. The molecule has 1 aliphatic rings. The number of nitrogens with zero attached hydrogens (tertiary/aromatic N) is 4. The van der Waals surface area contributed by atoms with Gasteiger partial charge in [-0.2, -0.15) is 0 Å². The van der Waals surface area contributed by atoms with Crippen LogP contribution in [0.5, 0.6) is 0 Å². The Hall–Kier alpha value is -1.07. The second-order valence-electron chi connectivity index (χ2n) is 5.79. The average Bonchev–Trinajstić information content (AvgIpc) is 2.94. The topological polar surface area (TPSA) is 41.4 Å². The van der Waals surface area contributed by atoms with E-state index in [1.54, 1.807) is 0 Å². The molecule has 2 heterocycles. The molecule has 2 rings (SSSR count). The number of hydrogen-bond acceptors (Lipinski definition) is 3. The van der Waals surface area contributed by atoms with Gasteiger partial charge in [0, 0.05) is 69.9 Å². The molecule has 1 fully saturated rings. The minimum absolute atomic E-state index is 0.182. The molecule has 6 heteroatoms. The van der Waals surface area contributed by atoms with Gasteiger partial charge >= 0.3 is 0 Å². The number of carbonyl (C=O) groups is 1. The van der Waals surface area contributed by atoms with Gasteiger partial charge < -0.3 is 9.47 Å². The van der Waals surface area contributed by atoms with Gasteiger partial charge in [0.25, 0.3) is 0 Å². The van der Waals surface area contributed by atoms with Crippen molar-refractivity contribution in [2.24, 2.45) is 0 Å². The van der Waals surface area contributed by atoms with Crippen LogP contribution in [0.25, 0.3) is 0 Å². The molecule has 1 aromatic rings. The number of piperazine rings is 1. The van der Waals surface area contributed by atoms with Crippen LogP contribution in [0.3, 0.4) is 0 Å². The molecule has 1 aliphatic heterocycles. The zero-order valence-corrected chi connectivity index (χ0v) is 13.7. The number of alkyl halides is 1. The van der Waals surface area contributed by atoms with Crippen LogP contribution in [-0.2, 0) is 11.3 Å². The molecule has 1 amide bonds. The van der Waals surface area contributed by atoms with Gasteiger partial charge in [0.15, 0.2) is 0 Å². The maximum Gasteiger partial charge on any atom is 0.223 e. The van der Waals surface area contributed by atoms with E-state index in [4.69, 9.17) is 11.6 Å². The number of hydrogen-bond donors (Lipinski definition) is 0. The van der Waals surface area contributed by atoms with Gasteiger partial charge in [-0.05, 0) is 0 Å². The molecule has 1 aromatic heterocycles. The predicted molar refractivity (Wildman–Crippen MR) is 84.7 cm³/mol. The Morgan fingerprint density at radius 1 is 1.29 bits per heavy atom. The normalized spacial score (nSPS) is 16.7. The van der Waals surface area contributed by atoms with Gasteiger partial charge in [0.1, 0.15) is 5.82 Å². The third-order valence-electron chi connectivity index (χ3n) is 3.95. The van der Waals surface area contributed by atoms with Gasteiger partial charge in [0.05, 0.1) is 0 Å². The summed E-state index contributed by atoms with van der Waals surface area (Å²) in [6.07, 6.45) is 4.38. The number of amides is 1. The van der Waals surface area contributed by atoms with E-state index >= 15 is 0 Å². The Bertz CT molecular complexity index is 452. The Balaban J connectivity index is 1.76. The van der Waals surface area contributed by atoms with Crippen molar-refractivity contribution in [3.63, 3.8) is 0 Å². The summed E-state index contributed by atoms with van der Waals surface area (Å²) >= 11 is 5.62. The maximum absolute atomic E-state index is 11.8. The Morgan fingerprint density at radius 3 is 2.62 bits per heavy atom. The zero-order valence-electron chi connectivity index (χ0n) is 13.0. The molecule has 0 saturated carbocycles. The van der Waals surface area contributed by atoms with Crippen molar-refractivity contribution in [2.45, 2.75) is 32.7 Å². The average molecular weight is 313 g/mol.